The molecule has 0 unspecified atom stereocenters. The van der Waals surface area contributed by atoms with Gasteiger partial charge in [-0.2, -0.15) is 0 Å². The first-order chi connectivity index (χ1) is 10.1. The Labute approximate surface area is 123 Å². The fourth-order valence-electron chi connectivity index (χ4n) is 1.99. The molecule has 1 aliphatic carbocycles. The minimum Gasteiger partial charge on any atom is -0.482 e. The van der Waals surface area contributed by atoms with Crippen molar-refractivity contribution in [3.8, 4) is 5.75 Å². The normalized spacial score (nSPS) is 13.6. The van der Waals surface area contributed by atoms with Crippen LogP contribution in [0.25, 0.3) is 0 Å². The Morgan fingerprint density at radius 3 is 2.67 bits per heavy atom. The van der Waals surface area contributed by atoms with Crippen molar-refractivity contribution in [1.29, 1.82) is 0 Å². The molecule has 6 nitrogen and oxygen atoms in total. The number of ether oxygens (including phenoxy) is 2. The van der Waals surface area contributed by atoms with Crippen LogP contribution in [-0.2, 0) is 14.3 Å². The van der Waals surface area contributed by atoms with Crippen LogP contribution < -0.4 is 10.5 Å². The zero-order valence-electron chi connectivity index (χ0n) is 12.1. The fourth-order valence-corrected chi connectivity index (χ4v) is 1.99. The molecule has 0 saturated heterocycles. The van der Waals surface area contributed by atoms with Gasteiger partial charge in [-0.25, -0.2) is 0 Å². The molecule has 0 bridgehead atoms. The quantitative estimate of drug-likeness (QED) is 0.603. The van der Waals surface area contributed by atoms with Crippen LogP contribution in [0.1, 0.15) is 19.8 Å². The van der Waals surface area contributed by atoms with Gasteiger partial charge in [-0.05, 0) is 31.9 Å². The average Bonchev–Trinajstić information content (AvgIpc) is 3.28. The van der Waals surface area contributed by atoms with Crippen LogP contribution in [0.4, 0.5) is 5.69 Å². The van der Waals surface area contributed by atoms with Gasteiger partial charge in [0, 0.05) is 6.04 Å². The third-order valence-corrected chi connectivity index (χ3v) is 3.18. The largest absolute Gasteiger partial charge is 0.482 e. The van der Waals surface area contributed by atoms with Gasteiger partial charge >= 0.3 is 5.97 Å². The summed E-state index contributed by atoms with van der Waals surface area (Å²) in [6, 6.07) is 7.11. The number of rotatable bonds is 7. The van der Waals surface area contributed by atoms with E-state index < -0.39 is 5.97 Å². The number of nitrogen functional groups attached to an aromatic ring is 1. The van der Waals surface area contributed by atoms with E-state index in [1.54, 1.807) is 31.2 Å². The third kappa shape index (κ3) is 4.37. The molecule has 1 aromatic carbocycles. The molecule has 21 heavy (non-hydrogen) atoms. The van der Waals surface area contributed by atoms with Gasteiger partial charge in [-0.1, -0.05) is 12.1 Å². The summed E-state index contributed by atoms with van der Waals surface area (Å²) in [4.78, 5) is 25.3. The number of hydrogen-bond donors (Lipinski definition) is 1. The molecule has 1 aromatic rings. The standard InChI is InChI=1S/C15H20N2O4/c1-2-20-15(19)9-17(11-7-8-11)14(18)10-21-13-6-4-3-5-12(13)16/h3-6,11H,2,7-10,16H2,1H3. The second kappa shape index (κ2) is 6.97. The predicted octanol–water partition coefficient (Wildman–Crippen LogP) is 1.20. The van der Waals surface area contributed by atoms with Crippen molar-refractivity contribution in [2.24, 2.45) is 0 Å². The second-order valence-corrected chi connectivity index (χ2v) is 4.88. The lowest BCUT2D eigenvalue weighted by molar-refractivity contribution is -0.150. The lowest BCUT2D eigenvalue weighted by Crippen LogP contribution is -2.40. The Balaban J connectivity index is 1.90. The van der Waals surface area contributed by atoms with Crippen LogP contribution in [0.15, 0.2) is 24.3 Å². The van der Waals surface area contributed by atoms with Crippen LogP contribution in [0.2, 0.25) is 0 Å². The highest BCUT2D eigenvalue weighted by atomic mass is 16.5. The molecular weight excluding hydrogens is 272 g/mol. The van der Waals surface area contributed by atoms with Gasteiger partial charge < -0.3 is 20.1 Å². The van der Waals surface area contributed by atoms with Crippen molar-refractivity contribution >= 4 is 17.6 Å². The molecule has 0 aliphatic heterocycles. The molecule has 1 amide bonds. The maximum Gasteiger partial charge on any atom is 0.325 e. The van der Waals surface area contributed by atoms with Gasteiger partial charge in [0.1, 0.15) is 12.3 Å². The number of carbonyl (C=O) groups excluding carboxylic acids is 2. The lowest BCUT2D eigenvalue weighted by atomic mass is 10.3. The minimum atomic E-state index is -0.392. The monoisotopic (exact) mass is 292 g/mol. The third-order valence-electron chi connectivity index (χ3n) is 3.18. The molecule has 0 aromatic heterocycles. The van der Waals surface area contributed by atoms with E-state index in [0.717, 1.165) is 12.8 Å². The molecule has 114 valence electrons. The number of nitrogens with zero attached hydrogens (tertiary/aromatic N) is 1. The highest BCUT2D eigenvalue weighted by Gasteiger charge is 2.34. The Kier molecular flexibility index (Phi) is 5.03. The van der Waals surface area contributed by atoms with E-state index in [-0.39, 0.29) is 25.1 Å². The van der Waals surface area contributed by atoms with Crippen LogP contribution in [0.3, 0.4) is 0 Å². The topological polar surface area (TPSA) is 81.9 Å². The summed E-state index contributed by atoms with van der Waals surface area (Å²) in [6.45, 7) is 1.89. The summed E-state index contributed by atoms with van der Waals surface area (Å²) < 4.78 is 10.3. The van der Waals surface area contributed by atoms with E-state index in [4.69, 9.17) is 15.2 Å². The zero-order valence-corrected chi connectivity index (χ0v) is 12.1. The molecule has 6 heteroatoms. The van der Waals surface area contributed by atoms with E-state index in [1.165, 1.54) is 4.90 Å². The SMILES string of the molecule is CCOC(=O)CN(C(=O)COc1ccccc1N)C1CC1. The number of esters is 1. The first kappa shape index (κ1) is 15.2. The summed E-state index contributed by atoms with van der Waals surface area (Å²) in [5, 5.41) is 0. The molecule has 2 N–H and O–H groups in total. The van der Waals surface area contributed by atoms with Gasteiger partial charge in [-0.3, -0.25) is 9.59 Å². The van der Waals surface area contributed by atoms with Gasteiger partial charge in [0.2, 0.25) is 0 Å². The number of carbonyl (C=O) groups is 2. The number of anilines is 1. The van der Waals surface area contributed by atoms with Crippen molar-refractivity contribution in [3.05, 3.63) is 24.3 Å². The van der Waals surface area contributed by atoms with Crippen molar-refractivity contribution in [3.63, 3.8) is 0 Å². The fraction of sp³-hybridized carbons (Fsp3) is 0.467. The average molecular weight is 292 g/mol. The van der Waals surface area contributed by atoms with Crippen molar-refractivity contribution < 1.29 is 19.1 Å². The Morgan fingerprint density at radius 2 is 2.05 bits per heavy atom. The summed E-state index contributed by atoms with van der Waals surface area (Å²) in [6.07, 6.45) is 1.83. The van der Waals surface area contributed by atoms with Crippen molar-refractivity contribution in [1.82, 2.24) is 4.90 Å². The molecule has 0 spiro atoms. The summed E-state index contributed by atoms with van der Waals surface area (Å²) >= 11 is 0. The number of amides is 1. The first-order valence-electron chi connectivity index (χ1n) is 7.04. The van der Waals surface area contributed by atoms with Gasteiger partial charge in [-0.15, -0.1) is 0 Å². The predicted molar refractivity (Wildman–Crippen MR) is 77.7 cm³/mol. The van der Waals surface area contributed by atoms with Crippen LogP contribution in [0, 0.1) is 0 Å². The molecule has 2 rings (SSSR count). The lowest BCUT2D eigenvalue weighted by Gasteiger charge is -2.21. The van der Waals surface area contributed by atoms with Gasteiger partial charge in [0.25, 0.3) is 5.91 Å². The molecule has 1 aliphatic rings. The van der Waals surface area contributed by atoms with E-state index in [1.807, 2.05) is 0 Å². The van der Waals surface area contributed by atoms with E-state index >= 15 is 0 Å². The van der Waals surface area contributed by atoms with E-state index in [9.17, 15) is 9.59 Å². The number of para-hydroxylation sites is 2. The van der Waals surface area contributed by atoms with Crippen LogP contribution >= 0.6 is 0 Å². The summed E-state index contributed by atoms with van der Waals surface area (Å²) in [5.41, 5.74) is 6.23. The highest BCUT2D eigenvalue weighted by Crippen LogP contribution is 2.27. The van der Waals surface area contributed by atoms with Gasteiger partial charge in [0.05, 0.1) is 12.3 Å². The maximum absolute atomic E-state index is 12.2. The van der Waals surface area contributed by atoms with E-state index in [0.29, 0.717) is 18.0 Å². The molecule has 0 heterocycles. The Morgan fingerprint density at radius 1 is 1.33 bits per heavy atom. The van der Waals surface area contributed by atoms with Gasteiger partial charge in [0.15, 0.2) is 6.61 Å². The minimum absolute atomic E-state index is 0.0228. The summed E-state index contributed by atoms with van der Waals surface area (Å²) in [7, 11) is 0. The molecule has 1 saturated carbocycles. The number of nitrogens with two attached hydrogens (primary N) is 1. The molecule has 1 fully saturated rings. The second-order valence-electron chi connectivity index (χ2n) is 4.88. The maximum atomic E-state index is 12.2. The number of hydrogen-bond acceptors (Lipinski definition) is 5. The Bertz CT molecular complexity index is 514. The first-order valence-corrected chi connectivity index (χ1v) is 7.04. The molecular formula is C15H20N2O4. The number of benzene rings is 1. The smallest absolute Gasteiger partial charge is 0.325 e. The van der Waals surface area contributed by atoms with E-state index in [2.05, 4.69) is 0 Å². The Hall–Kier alpha value is -2.24. The van der Waals surface area contributed by atoms with Crippen LogP contribution in [0.5, 0.6) is 5.75 Å². The van der Waals surface area contributed by atoms with Crippen LogP contribution in [-0.4, -0.2) is 42.6 Å². The highest BCUT2D eigenvalue weighted by molar-refractivity contribution is 5.83. The van der Waals surface area contributed by atoms with Crippen molar-refractivity contribution in [2.75, 3.05) is 25.5 Å². The zero-order chi connectivity index (χ0) is 15.2. The summed E-state index contributed by atoms with van der Waals surface area (Å²) in [5.74, 6) is -0.150. The molecule has 0 radical (unpaired) electrons. The van der Waals surface area contributed by atoms with Crippen molar-refractivity contribution in [2.45, 2.75) is 25.8 Å². The molecule has 0 atom stereocenters.